The first-order chi connectivity index (χ1) is 12.7. The molecule has 2 heterocycles. The SMILES string of the molecule is Clc1cccc(Cl)c1Cn1cc(CNCc2ccco2)c2ccccc21. The molecule has 4 aromatic rings. The van der Waals surface area contributed by atoms with E-state index in [0.717, 1.165) is 17.9 Å². The maximum atomic E-state index is 6.36. The van der Waals surface area contributed by atoms with E-state index in [0.29, 0.717) is 23.1 Å². The van der Waals surface area contributed by atoms with Gasteiger partial charge in [-0.3, -0.25) is 0 Å². The minimum Gasteiger partial charge on any atom is -0.468 e. The minimum absolute atomic E-state index is 0.636. The molecule has 4 rings (SSSR count). The Hall–Kier alpha value is -2.20. The molecule has 0 unspecified atom stereocenters. The summed E-state index contributed by atoms with van der Waals surface area (Å²) < 4.78 is 7.57. The zero-order chi connectivity index (χ0) is 17.9. The highest BCUT2D eigenvalue weighted by Crippen LogP contribution is 2.28. The lowest BCUT2D eigenvalue weighted by atomic mass is 10.2. The molecule has 5 heteroatoms. The average molecular weight is 385 g/mol. The van der Waals surface area contributed by atoms with Crippen molar-refractivity contribution in [2.75, 3.05) is 0 Å². The number of aromatic nitrogens is 1. The van der Waals surface area contributed by atoms with Gasteiger partial charge in [0.1, 0.15) is 5.76 Å². The van der Waals surface area contributed by atoms with Gasteiger partial charge in [0.2, 0.25) is 0 Å². The fourth-order valence-corrected chi connectivity index (χ4v) is 3.70. The van der Waals surface area contributed by atoms with Crippen molar-refractivity contribution in [3.8, 4) is 0 Å². The molecule has 1 N–H and O–H groups in total. The van der Waals surface area contributed by atoms with Crippen LogP contribution < -0.4 is 5.32 Å². The molecular formula is C21H18Cl2N2O. The average Bonchev–Trinajstić information content (AvgIpc) is 3.27. The predicted octanol–water partition coefficient (Wildman–Crippen LogP) is 5.88. The normalized spacial score (nSPS) is 11.3. The van der Waals surface area contributed by atoms with E-state index in [9.17, 15) is 0 Å². The van der Waals surface area contributed by atoms with Crippen LogP contribution in [0, 0.1) is 0 Å². The summed E-state index contributed by atoms with van der Waals surface area (Å²) in [6.07, 6.45) is 3.86. The molecule has 0 aliphatic heterocycles. The van der Waals surface area contributed by atoms with Gasteiger partial charge in [-0.25, -0.2) is 0 Å². The molecule has 0 aliphatic carbocycles. The number of halogens is 2. The molecule has 132 valence electrons. The van der Waals surface area contributed by atoms with Gasteiger partial charge in [0.25, 0.3) is 0 Å². The molecule has 0 bridgehead atoms. The van der Waals surface area contributed by atoms with Gasteiger partial charge in [0.15, 0.2) is 0 Å². The van der Waals surface area contributed by atoms with Crippen LogP contribution in [0.4, 0.5) is 0 Å². The van der Waals surface area contributed by atoms with Crippen LogP contribution in [-0.4, -0.2) is 4.57 Å². The molecule has 0 radical (unpaired) electrons. The van der Waals surface area contributed by atoms with Crippen molar-refractivity contribution in [3.63, 3.8) is 0 Å². The zero-order valence-electron chi connectivity index (χ0n) is 14.1. The first-order valence-corrected chi connectivity index (χ1v) is 9.20. The molecule has 0 saturated carbocycles. The maximum absolute atomic E-state index is 6.36. The summed E-state index contributed by atoms with van der Waals surface area (Å²) in [5.41, 5.74) is 3.33. The number of benzene rings is 2. The highest BCUT2D eigenvalue weighted by atomic mass is 35.5. The summed E-state index contributed by atoms with van der Waals surface area (Å²) in [4.78, 5) is 0. The summed E-state index contributed by atoms with van der Waals surface area (Å²) in [6, 6.07) is 17.9. The van der Waals surface area contributed by atoms with Gasteiger partial charge in [-0.1, -0.05) is 47.5 Å². The van der Waals surface area contributed by atoms with E-state index in [1.165, 1.54) is 16.5 Å². The van der Waals surface area contributed by atoms with Crippen molar-refractivity contribution in [2.45, 2.75) is 19.6 Å². The Kier molecular flexibility index (Phi) is 5.02. The second-order valence-corrected chi connectivity index (χ2v) is 7.00. The summed E-state index contributed by atoms with van der Waals surface area (Å²) in [6.45, 7) is 2.09. The number of hydrogen-bond acceptors (Lipinski definition) is 2. The fraction of sp³-hybridized carbons (Fsp3) is 0.143. The number of furan rings is 1. The number of hydrogen-bond donors (Lipinski definition) is 1. The number of para-hydroxylation sites is 1. The Morgan fingerprint density at radius 2 is 1.69 bits per heavy atom. The first-order valence-electron chi connectivity index (χ1n) is 8.45. The first kappa shape index (κ1) is 17.2. The van der Waals surface area contributed by atoms with Crippen LogP contribution in [0.25, 0.3) is 10.9 Å². The standard InChI is InChI=1S/C21H18Cl2N2O/c22-19-7-3-8-20(23)18(19)14-25-13-15(17-6-1-2-9-21(17)25)11-24-12-16-5-4-10-26-16/h1-10,13,24H,11-12,14H2. The van der Waals surface area contributed by atoms with E-state index in [4.69, 9.17) is 27.6 Å². The van der Waals surface area contributed by atoms with Crippen molar-refractivity contribution in [2.24, 2.45) is 0 Å². The lowest BCUT2D eigenvalue weighted by Crippen LogP contribution is -2.11. The zero-order valence-corrected chi connectivity index (χ0v) is 15.6. The third-order valence-corrected chi connectivity index (χ3v) is 5.16. The van der Waals surface area contributed by atoms with Crippen molar-refractivity contribution in [1.29, 1.82) is 0 Å². The largest absolute Gasteiger partial charge is 0.468 e. The summed E-state index contributed by atoms with van der Waals surface area (Å²) >= 11 is 12.7. The van der Waals surface area contributed by atoms with Crippen molar-refractivity contribution < 1.29 is 4.42 Å². The van der Waals surface area contributed by atoms with Gasteiger partial charge in [-0.05, 0) is 35.9 Å². The summed E-state index contributed by atoms with van der Waals surface area (Å²) in [7, 11) is 0. The van der Waals surface area contributed by atoms with Crippen molar-refractivity contribution in [1.82, 2.24) is 9.88 Å². The third kappa shape index (κ3) is 3.51. The number of rotatable bonds is 6. The molecule has 0 spiro atoms. The van der Waals surface area contributed by atoms with Crippen LogP contribution >= 0.6 is 23.2 Å². The van der Waals surface area contributed by atoms with Crippen LogP contribution in [-0.2, 0) is 19.6 Å². The quantitative estimate of drug-likeness (QED) is 0.449. The highest BCUT2D eigenvalue weighted by Gasteiger charge is 2.12. The van der Waals surface area contributed by atoms with E-state index >= 15 is 0 Å². The Balaban J connectivity index is 1.61. The Bertz CT molecular complexity index is 1000. The lowest BCUT2D eigenvalue weighted by molar-refractivity contribution is 0.483. The van der Waals surface area contributed by atoms with Gasteiger partial charge in [0, 0.05) is 39.3 Å². The molecule has 0 aliphatic rings. The molecule has 0 amide bonds. The molecule has 0 saturated heterocycles. The van der Waals surface area contributed by atoms with Crippen LogP contribution in [0.15, 0.2) is 71.5 Å². The van der Waals surface area contributed by atoms with Crippen LogP contribution in [0.5, 0.6) is 0 Å². The molecule has 2 aromatic carbocycles. The van der Waals surface area contributed by atoms with Crippen LogP contribution in [0.1, 0.15) is 16.9 Å². The van der Waals surface area contributed by atoms with Gasteiger partial charge < -0.3 is 14.3 Å². The Morgan fingerprint density at radius 1 is 0.885 bits per heavy atom. The predicted molar refractivity (Wildman–Crippen MR) is 107 cm³/mol. The molecule has 0 atom stereocenters. The molecule has 26 heavy (non-hydrogen) atoms. The number of nitrogens with zero attached hydrogens (tertiary/aromatic N) is 1. The number of nitrogens with one attached hydrogen (secondary N) is 1. The van der Waals surface area contributed by atoms with Gasteiger partial charge >= 0.3 is 0 Å². The van der Waals surface area contributed by atoms with E-state index < -0.39 is 0 Å². The Labute approximate surface area is 162 Å². The molecule has 2 aromatic heterocycles. The van der Waals surface area contributed by atoms with Crippen LogP contribution in [0.2, 0.25) is 10.0 Å². The van der Waals surface area contributed by atoms with Crippen molar-refractivity contribution in [3.05, 3.63) is 94.0 Å². The molecule has 0 fully saturated rings. The van der Waals surface area contributed by atoms with E-state index in [1.54, 1.807) is 6.26 Å². The van der Waals surface area contributed by atoms with Crippen LogP contribution in [0.3, 0.4) is 0 Å². The monoisotopic (exact) mass is 384 g/mol. The topological polar surface area (TPSA) is 30.1 Å². The van der Waals surface area contributed by atoms with E-state index in [2.05, 4.69) is 34.3 Å². The smallest absolute Gasteiger partial charge is 0.117 e. The van der Waals surface area contributed by atoms with E-state index in [1.807, 2.05) is 36.4 Å². The minimum atomic E-state index is 0.636. The second kappa shape index (κ2) is 7.58. The Morgan fingerprint density at radius 3 is 2.46 bits per heavy atom. The van der Waals surface area contributed by atoms with Gasteiger partial charge in [-0.15, -0.1) is 0 Å². The molecular weight excluding hydrogens is 367 g/mol. The number of fused-ring (bicyclic) bond motifs is 1. The summed E-state index contributed by atoms with van der Waals surface area (Å²) in [5.74, 6) is 0.927. The third-order valence-electron chi connectivity index (χ3n) is 4.46. The van der Waals surface area contributed by atoms with Gasteiger partial charge in [-0.2, -0.15) is 0 Å². The van der Waals surface area contributed by atoms with Crippen molar-refractivity contribution >= 4 is 34.1 Å². The van der Waals surface area contributed by atoms with Gasteiger partial charge in [0.05, 0.1) is 19.4 Å². The highest BCUT2D eigenvalue weighted by molar-refractivity contribution is 6.36. The molecule has 3 nitrogen and oxygen atoms in total. The lowest BCUT2D eigenvalue weighted by Gasteiger charge is -2.09. The van der Waals surface area contributed by atoms with E-state index in [-0.39, 0.29) is 0 Å². The fourth-order valence-electron chi connectivity index (χ4n) is 3.18. The second-order valence-electron chi connectivity index (χ2n) is 6.18. The maximum Gasteiger partial charge on any atom is 0.117 e. The summed E-state index contributed by atoms with van der Waals surface area (Å²) in [5, 5.41) is 6.04.